The zero-order valence-corrected chi connectivity index (χ0v) is 9.13. The average Bonchev–Trinajstić information content (AvgIpc) is 2.78. The van der Waals surface area contributed by atoms with E-state index in [-0.39, 0.29) is 5.75 Å². The van der Waals surface area contributed by atoms with Crippen LogP contribution in [0.2, 0.25) is 0 Å². The predicted octanol–water partition coefficient (Wildman–Crippen LogP) is 2.09. The molecule has 6 heteroatoms. The van der Waals surface area contributed by atoms with Crippen LogP contribution in [-0.4, -0.2) is 24.7 Å². The third-order valence-corrected chi connectivity index (χ3v) is 2.67. The highest BCUT2D eigenvalue weighted by Gasteiger charge is 2.32. The van der Waals surface area contributed by atoms with Crippen molar-refractivity contribution in [2.45, 2.75) is 12.6 Å². The largest absolute Gasteiger partial charge is 0.493 e. The van der Waals surface area contributed by atoms with Crippen molar-refractivity contribution in [1.29, 1.82) is 0 Å². The number of hydrogen-bond acceptors (Lipinski definition) is 3. The van der Waals surface area contributed by atoms with Gasteiger partial charge in [0.25, 0.3) is 0 Å². The summed E-state index contributed by atoms with van der Waals surface area (Å²) in [7, 11) is 0. The molecule has 2 rings (SSSR count). The lowest BCUT2D eigenvalue weighted by atomic mass is 10.1. The molecule has 0 bridgehead atoms. The zero-order chi connectivity index (χ0) is 12.3. The van der Waals surface area contributed by atoms with E-state index in [0.29, 0.717) is 12.5 Å². The van der Waals surface area contributed by atoms with E-state index in [9.17, 15) is 13.2 Å². The van der Waals surface area contributed by atoms with Crippen molar-refractivity contribution >= 4 is 0 Å². The fourth-order valence-corrected chi connectivity index (χ4v) is 1.73. The molecule has 2 heterocycles. The van der Waals surface area contributed by atoms with Crippen molar-refractivity contribution in [3.63, 3.8) is 0 Å². The van der Waals surface area contributed by atoms with Crippen LogP contribution in [0.4, 0.5) is 13.2 Å². The summed E-state index contributed by atoms with van der Waals surface area (Å²) in [5.74, 6) is 0.594. The van der Waals surface area contributed by atoms with Crippen LogP contribution >= 0.6 is 0 Å². The summed E-state index contributed by atoms with van der Waals surface area (Å²) in [6.07, 6.45) is -2.31. The molecule has 0 aliphatic carbocycles. The van der Waals surface area contributed by atoms with E-state index < -0.39 is 11.9 Å². The lowest BCUT2D eigenvalue weighted by Gasteiger charge is -2.12. The van der Waals surface area contributed by atoms with Crippen molar-refractivity contribution in [1.82, 2.24) is 10.3 Å². The SMILES string of the molecule is FC(F)(F)c1cc(OCC2CCNC2)ccn1. The minimum atomic E-state index is -4.42. The fourth-order valence-electron chi connectivity index (χ4n) is 1.73. The average molecular weight is 246 g/mol. The molecule has 17 heavy (non-hydrogen) atoms. The monoisotopic (exact) mass is 246 g/mol. The van der Waals surface area contributed by atoms with Gasteiger partial charge in [-0.15, -0.1) is 0 Å². The van der Waals surface area contributed by atoms with Crippen LogP contribution < -0.4 is 10.1 Å². The maximum Gasteiger partial charge on any atom is 0.433 e. The van der Waals surface area contributed by atoms with Gasteiger partial charge in [0, 0.05) is 24.7 Å². The molecule has 1 saturated heterocycles. The number of ether oxygens (including phenoxy) is 1. The molecule has 1 fully saturated rings. The van der Waals surface area contributed by atoms with E-state index in [0.717, 1.165) is 31.8 Å². The molecular weight excluding hydrogens is 233 g/mol. The van der Waals surface area contributed by atoms with Crippen molar-refractivity contribution in [2.24, 2.45) is 5.92 Å². The van der Waals surface area contributed by atoms with E-state index in [1.807, 2.05) is 0 Å². The van der Waals surface area contributed by atoms with Gasteiger partial charge in [-0.3, -0.25) is 4.98 Å². The van der Waals surface area contributed by atoms with E-state index in [1.165, 1.54) is 6.07 Å². The van der Waals surface area contributed by atoms with Crippen LogP contribution in [0.5, 0.6) is 5.75 Å². The molecule has 1 unspecified atom stereocenters. The van der Waals surface area contributed by atoms with Crippen LogP contribution in [0, 0.1) is 5.92 Å². The van der Waals surface area contributed by atoms with Gasteiger partial charge in [-0.05, 0) is 19.0 Å². The van der Waals surface area contributed by atoms with Crippen molar-refractivity contribution in [2.75, 3.05) is 19.7 Å². The van der Waals surface area contributed by atoms with Gasteiger partial charge >= 0.3 is 6.18 Å². The van der Waals surface area contributed by atoms with Crippen molar-refractivity contribution < 1.29 is 17.9 Å². The summed E-state index contributed by atoms with van der Waals surface area (Å²) >= 11 is 0. The molecular formula is C11H13F3N2O. The quantitative estimate of drug-likeness (QED) is 0.886. The van der Waals surface area contributed by atoms with Gasteiger partial charge in [-0.1, -0.05) is 0 Å². The Morgan fingerprint density at radius 3 is 2.94 bits per heavy atom. The van der Waals surface area contributed by atoms with Gasteiger partial charge in [0.05, 0.1) is 6.61 Å². The molecule has 3 nitrogen and oxygen atoms in total. The fraction of sp³-hybridized carbons (Fsp3) is 0.545. The molecule has 0 spiro atoms. The second-order valence-corrected chi connectivity index (χ2v) is 4.04. The highest BCUT2D eigenvalue weighted by Crippen LogP contribution is 2.29. The summed E-state index contributed by atoms with van der Waals surface area (Å²) in [5.41, 5.74) is -0.917. The van der Waals surface area contributed by atoms with Crippen LogP contribution in [0.3, 0.4) is 0 Å². The van der Waals surface area contributed by atoms with E-state index in [1.54, 1.807) is 0 Å². The second kappa shape index (κ2) is 4.91. The van der Waals surface area contributed by atoms with Crippen LogP contribution in [-0.2, 0) is 6.18 Å². The van der Waals surface area contributed by atoms with E-state index >= 15 is 0 Å². The number of rotatable bonds is 3. The molecule has 1 aliphatic rings. The summed E-state index contributed by atoms with van der Waals surface area (Å²) in [5, 5.41) is 3.17. The lowest BCUT2D eigenvalue weighted by Crippen LogP contribution is -2.16. The molecule has 0 aromatic carbocycles. The molecule has 1 N–H and O–H groups in total. The lowest BCUT2D eigenvalue weighted by molar-refractivity contribution is -0.141. The first-order chi connectivity index (χ1) is 8.05. The standard InChI is InChI=1S/C11H13F3N2O/c12-11(13,14)10-5-9(2-4-16-10)17-7-8-1-3-15-6-8/h2,4-5,8,15H,1,3,6-7H2. The molecule has 0 amide bonds. The topological polar surface area (TPSA) is 34.1 Å². The Kier molecular flexibility index (Phi) is 3.51. The Morgan fingerprint density at radius 2 is 2.29 bits per heavy atom. The molecule has 0 saturated carbocycles. The number of halogens is 3. The van der Waals surface area contributed by atoms with E-state index in [2.05, 4.69) is 10.3 Å². The highest BCUT2D eigenvalue weighted by atomic mass is 19.4. The maximum atomic E-state index is 12.4. The predicted molar refractivity (Wildman–Crippen MR) is 55.7 cm³/mol. The summed E-state index contributed by atoms with van der Waals surface area (Å²) in [6, 6.07) is 2.37. The third kappa shape index (κ3) is 3.33. The Labute approximate surface area is 97.0 Å². The normalized spacial score (nSPS) is 20.5. The molecule has 1 aromatic heterocycles. The Bertz CT molecular complexity index is 375. The highest BCUT2D eigenvalue weighted by molar-refractivity contribution is 5.24. The maximum absolute atomic E-state index is 12.4. The first-order valence-corrected chi connectivity index (χ1v) is 5.42. The van der Waals surface area contributed by atoms with Crippen LogP contribution in [0.1, 0.15) is 12.1 Å². The Morgan fingerprint density at radius 1 is 1.47 bits per heavy atom. The molecule has 94 valence electrons. The van der Waals surface area contributed by atoms with E-state index in [4.69, 9.17) is 4.74 Å². The minimum absolute atomic E-state index is 0.222. The zero-order valence-electron chi connectivity index (χ0n) is 9.13. The third-order valence-electron chi connectivity index (χ3n) is 2.67. The minimum Gasteiger partial charge on any atom is -0.493 e. The Balaban J connectivity index is 1.96. The number of hydrogen-bond donors (Lipinski definition) is 1. The van der Waals surface area contributed by atoms with Crippen LogP contribution in [0.15, 0.2) is 18.3 Å². The molecule has 1 aliphatic heterocycles. The molecule has 1 atom stereocenters. The van der Waals surface area contributed by atoms with Crippen molar-refractivity contribution in [3.8, 4) is 5.75 Å². The van der Waals surface area contributed by atoms with Gasteiger partial charge in [-0.25, -0.2) is 0 Å². The summed E-state index contributed by atoms with van der Waals surface area (Å²) in [4.78, 5) is 3.27. The smallest absolute Gasteiger partial charge is 0.433 e. The summed E-state index contributed by atoms with van der Waals surface area (Å²) < 4.78 is 42.5. The van der Waals surface area contributed by atoms with Gasteiger partial charge in [0.2, 0.25) is 0 Å². The number of nitrogens with one attached hydrogen (secondary N) is 1. The van der Waals surface area contributed by atoms with Gasteiger partial charge in [-0.2, -0.15) is 13.2 Å². The first-order valence-electron chi connectivity index (χ1n) is 5.42. The molecule has 0 radical (unpaired) electrons. The summed E-state index contributed by atoms with van der Waals surface area (Å²) in [6.45, 7) is 2.24. The molecule has 1 aromatic rings. The van der Waals surface area contributed by atoms with Gasteiger partial charge < -0.3 is 10.1 Å². The second-order valence-electron chi connectivity index (χ2n) is 4.04. The van der Waals surface area contributed by atoms with Crippen molar-refractivity contribution in [3.05, 3.63) is 24.0 Å². The van der Waals surface area contributed by atoms with Gasteiger partial charge in [0.1, 0.15) is 11.4 Å². The Hall–Kier alpha value is -1.30. The van der Waals surface area contributed by atoms with Gasteiger partial charge in [0.15, 0.2) is 0 Å². The van der Waals surface area contributed by atoms with Crippen LogP contribution in [0.25, 0.3) is 0 Å². The number of pyridine rings is 1. The number of nitrogens with zero attached hydrogens (tertiary/aromatic N) is 1. The first kappa shape index (κ1) is 12.2. The number of aromatic nitrogens is 1. The number of alkyl halides is 3.